The van der Waals surface area contributed by atoms with E-state index in [4.69, 9.17) is 0 Å². The average Bonchev–Trinajstić information content (AvgIpc) is 2.56. The fourth-order valence-electron chi connectivity index (χ4n) is 2.66. The van der Waals surface area contributed by atoms with Gasteiger partial charge in [0.05, 0.1) is 6.42 Å². The van der Waals surface area contributed by atoms with Gasteiger partial charge in [0.15, 0.2) is 0 Å². The van der Waals surface area contributed by atoms with Crippen LogP contribution in [0, 0.1) is 20.8 Å². The largest absolute Gasteiger partial charge is 0.508 e. The summed E-state index contributed by atoms with van der Waals surface area (Å²) in [6.45, 7) is 7.59. The van der Waals surface area contributed by atoms with E-state index in [1.165, 1.54) is 24.3 Å². The normalized spacial score (nSPS) is 11.2. The number of carbonyl (C=O) groups is 2. The number of amides is 2. The third-order valence-electron chi connectivity index (χ3n) is 3.84. The standard InChI is InChI=1S/C20H23N3O3/c1-12-9-13(2)19(14(3)10-12)21-18(25)11-15(4)22-23-20(26)16-5-7-17(24)8-6-16/h5-10,24H,11H2,1-4H3,(H,21,25)(H,23,26)/b22-15+. The Bertz CT molecular complexity index is 832. The summed E-state index contributed by atoms with van der Waals surface area (Å²) in [4.78, 5) is 24.2. The first-order valence-corrected chi connectivity index (χ1v) is 8.26. The third-order valence-corrected chi connectivity index (χ3v) is 3.84. The second-order valence-corrected chi connectivity index (χ2v) is 6.33. The van der Waals surface area contributed by atoms with Crippen molar-refractivity contribution in [1.29, 1.82) is 0 Å². The zero-order valence-electron chi connectivity index (χ0n) is 15.4. The Morgan fingerprint density at radius 1 is 1.04 bits per heavy atom. The van der Waals surface area contributed by atoms with Crippen LogP contribution in [0.25, 0.3) is 0 Å². The smallest absolute Gasteiger partial charge is 0.271 e. The Balaban J connectivity index is 1.95. The predicted molar refractivity (Wildman–Crippen MR) is 103 cm³/mol. The van der Waals surface area contributed by atoms with Gasteiger partial charge in [0.25, 0.3) is 5.91 Å². The van der Waals surface area contributed by atoms with Crippen molar-refractivity contribution in [3.8, 4) is 5.75 Å². The molecule has 0 atom stereocenters. The maximum Gasteiger partial charge on any atom is 0.271 e. The molecule has 0 bridgehead atoms. The molecule has 2 aromatic carbocycles. The van der Waals surface area contributed by atoms with E-state index in [2.05, 4.69) is 15.8 Å². The van der Waals surface area contributed by atoms with Gasteiger partial charge >= 0.3 is 0 Å². The molecule has 0 radical (unpaired) electrons. The van der Waals surface area contributed by atoms with Gasteiger partial charge in [-0.3, -0.25) is 9.59 Å². The number of aromatic hydroxyl groups is 1. The number of hydrogen-bond donors (Lipinski definition) is 3. The summed E-state index contributed by atoms with van der Waals surface area (Å²) >= 11 is 0. The van der Waals surface area contributed by atoms with E-state index in [9.17, 15) is 14.7 Å². The van der Waals surface area contributed by atoms with Crippen molar-refractivity contribution in [1.82, 2.24) is 5.43 Å². The van der Waals surface area contributed by atoms with Crippen LogP contribution in [0.5, 0.6) is 5.75 Å². The maximum absolute atomic E-state index is 12.2. The Hall–Kier alpha value is -3.15. The summed E-state index contributed by atoms with van der Waals surface area (Å²) in [5.41, 5.74) is 7.22. The number of phenolic OH excluding ortho intramolecular Hbond substituents is 1. The Kier molecular flexibility index (Phi) is 6.11. The fraction of sp³-hybridized carbons (Fsp3) is 0.250. The number of hydrazone groups is 1. The van der Waals surface area contributed by atoms with Crippen LogP contribution in [0.1, 0.15) is 40.4 Å². The summed E-state index contributed by atoms with van der Waals surface area (Å²) in [6, 6.07) is 9.86. The highest BCUT2D eigenvalue weighted by Gasteiger charge is 2.10. The molecule has 0 heterocycles. The number of benzene rings is 2. The summed E-state index contributed by atoms with van der Waals surface area (Å²) in [7, 11) is 0. The lowest BCUT2D eigenvalue weighted by Gasteiger charge is -2.12. The molecular weight excluding hydrogens is 330 g/mol. The Morgan fingerprint density at radius 2 is 1.62 bits per heavy atom. The van der Waals surface area contributed by atoms with Crippen LogP contribution >= 0.6 is 0 Å². The molecule has 0 aliphatic rings. The summed E-state index contributed by atoms with van der Waals surface area (Å²) < 4.78 is 0. The van der Waals surface area contributed by atoms with E-state index >= 15 is 0 Å². The van der Waals surface area contributed by atoms with Crippen molar-refractivity contribution in [2.45, 2.75) is 34.1 Å². The molecular formula is C20H23N3O3. The zero-order valence-corrected chi connectivity index (χ0v) is 15.4. The molecule has 136 valence electrons. The van der Waals surface area contributed by atoms with Gasteiger partial charge in [-0.05, 0) is 63.1 Å². The molecule has 0 aliphatic carbocycles. The van der Waals surface area contributed by atoms with Gasteiger partial charge in [-0.1, -0.05) is 17.7 Å². The van der Waals surface area contributed by atoms with Gasteiger partial charge in [0, 0.05) is 17.0 Å². The van der Waals surface area contributed by atoms with Gasteiger partial charge in [0.2, 0.25) is 5.91 Å². The second kappa shape index (κ2) is 8.29. The van der Waals surface area contributed by atoms with Gasteiger partial charge in [-0.2, -0.15) is 5.10 Å². The lowest BCUT2D eigenvalue weighted by atomic mass is 10.0. The van der Waals surface area contributed by atoms with Crippen molar-refractivity contribution in [2.75, 3.05) is 5.32 Å². The Morgan fingerprint density at radius 3 is 2.19 bits per heavy atom. The van der Waals surface area contributed by atoms with E-state index in [-0.39, 0.29) is 18.1 Å². The van der Waals surface area contributed by atoms with Crippen molar-refractivity contribution >= 4 is 23.2 Å². The number of anilines is 1. The van der Waals surface area contributed by atoms with Crippen LogP contribution in [0.4, 0.5) is 5.69 Å². The summed E-state index contributed by atoms with van der Waals surface area (Å²) in [6.07, 6.45) is 0.0720. The van der Waals surface area contributed by atoms with Crippen molar-refractivity contribution in [3.05, 3.63) is 58.7 Å². The molecule has 0 saturated heterocycles. The van der Waals surface area contributed by atoms with Crippen LogP contribution in [0.3, 0.4) is 0 Å². The molecule has 2 amide bonds. The molecule has 6 nitrogen and oxygen atoms in total. The minimum Gasteiger partial charge on any atom is -0.508 e. The second-order valence-electron chi connectivity index (χ2n) is 6.33. The molecule has 0 spiro atoms. The molecule has 0 aromatic heterocycles. The molecule has 0 fully saturated rings. The highest BCUT2D eigenvalue weighted by molar-refractivity contribution is 6.06. The van der Waals surface area contributed by atoms with Crippen LogP contribution in [0.2, 0.25) is 0 Å². The number of hydrogen-bond acceptors (Lipinski definition) is 4. The molecule has 6 heteroatoms. The maximum atomic E-state index is 12.2. The topological polar surface area (TPSA) is 90.8 Å². The van der Waals surface area contributed by atoms with Crippen LogP contribution < -0.4 is 10.7 Å². The van der Waals surface area contributed by atoms with E-state index in [1.54, 1.807) is 6.92 Å². The third kappa shape index (κ3) is 5.17. The van der Waals surface area contributed by atoms with Gasteiger partial charge < -0.3 is 10.4 Å². The number of phenols is 1. The van der Waals surface area contributed by atoms with Gasteiger partial charge in [-0.15, -0.1) is 0 Å². The zero-order chi connectivity index (χ0) is 19.3. The van der Waals surface area contributed by atoms with E-state index < -0.39 is 5.91 Å². The lowest BCUT2D eigenvalue weighted by Crippen LogP contribution is -2.21. The van der Waals surface area contributed by atoms with Crippen molar-refractivity contribution in [2.24, 2.45) is 5.10 Å². The number of nitrogens with one attached hydrogen (secondary N) is 2. The van der Waals surface area contributed by atoms with Gasteiger partial charge in [-0.25, -0.2) is 5.43 Å². The monoisotopic (exact) mass is 353 g/mol. The predicted octanol–water partition coefficient (Wildman–Crippen LogP) is 3.45. The van der Waals surface area contributed by atoms with E-state index in [1.807, 2.05) is 32.9 Å². The molecule has 26 heavy (non-hydrogen) atoms. The number of nitrogens with zero attached hydrogens (tertiary/aromatic N) is 1. The molecule has 2 aromatic rings. The molecule has 3 N–H and O–H groups in total. The SMILES string of the molecule is C/C(CC(=O)Nc1c(C)cc(C)cc1C)=N\NC(=O)c1ccc(O)cc1. The highest BCUT2D eigenvalue weighted by atomic mass is 16.3. The van der Waals surface area contributed by atoms with Gasteiger partial charge in [0.1, 0.15) is 5.75 Å². The number of rotatable bonds is 5. The quantitative estimate of drug-likeness (QED) is 0.568. The van der Waals surface area contributed by atoms with Crippen LogP contribution in [-0.2, 0) is 4.79 Å². The number of aryl methyl sites for hydroxylation is 3. The molecule has 2 rings (SSSR count). The van der Waals surface area contributed by atoms with Crippen molar-refractivity contribution in [3.63, 3.8) is 0 Å². The summed E-state index contributed by atoms with van der Waals surface area (Å²) in [5, 5.41) is 16.1. The molecule has 0 saturated carbocycles. The molecule has 0 aliphatic heterocycles. The minimum atomic E-state index is -0.407. The van der Waals surface area contributed by atoms with E-state index in [0.717, 1.165) is 22.4 Å². The average molecular weight is 353 g/mol. The van der Waals surface area contributed by atoms with Crippen LogP contribution in [-0.4, -0.2) is 22.6 Å². The van der Waals surface area contributed by atoms with E-state index in [0.29, 0.717) is 11.3 Å². The Labute approximate surface area is 152 Å². The first-order valence-electron chi connectivity index (χ1n) is 8.26. The number of carbonyl (C=O) groups excluding carboxylic acids is 2. The van der Waals surface area contributed by atoms with Crippen LogP contribution in [0.15, 0.2) is 41.5 Å². The first kappa shape index (κ1) is 19.2. The minimum absolute atomic E-state index is 0.0720. The highest BCUT2D eigenvalue weighted by Crippen LogP contribution is 2.22. The molecule has 0 unspecified atom stereocenters. The van der Waals surface area contributed by atoms with Crippen molar-refractivity contribution < 1.29 is 14.7 Å². The fourth-order valence-corrected chi connectivity index (χ4v) is 2.66. The summed E-state index contributed by atoms with van der Waals surface area (Å²) in [5.74, 6) is -0.519. The first-order chi connectivity index (χ1) is 12.3. The lowest BCUT2D eigenvalue weighted by molar-refractivity contribution is -0.115.